The van der Waals surface area contributed by atoms with Gasteiger partial charge in [-0.05, 0) is 40.0 Å². The van der Waals surface area contributed by atoms with Crippen LogP contribution in [0.1, 0.15) is 40.0 Å². The first-order valence-corrected chi connectivity index (χ1v) is 7.07. The third kappa shape index (κ3) is 3.80. The van der Waals surface area contributed by atoms with E-state index in [4.69, 9.17) is 9.47 Å². The lowest BCUT2D eigenvalue weighted by Gasteiger charge is -2.47. The van der Waals surface area contributed by atoms with Gasteiger partial charge in [0.1, 0.15) is 11.0 Å². The minimum atomic E-state index is -0.979. The Morgan fingerprint density at radius 1 is 1.38 bits per heavy atom. The number of ether oxygens (including phenoxy) is 2. The standard InChI is InChI=1S/C14H23NO5.ClH/c1-13(2,3)20-12(18)15-7-5-10-14(9-15,11(16)17)6-4-8-19-10;/h10H,4-9H2,1-3H3,(H,16,17);1H/t10-,14-;/m1./s1. The number of halogens is 1. The highest BCUT2D eigenvalue weighted by Gasteiger charge is 2.53. The average Bonchev–Trinajstić information content (AvgIpc) is 2.35. The second kappa shape index (κ2) is 6.40. The molecule has 0 saturated carbocycles. The second-order valence-electron chi connectivity index (χ2n) is 6.61. The molecule has 2 atom stereocenters. The molecule has 0 aromatic carbocycles. The number of hydrogen-bond donors (Lipinski definition) is 1. The number of nitrogens with zero attached hydrogens (tertiary/aromatic N) is 1. The van der Waals surface area contributed by atoms with E-state index in [2.05, 4.69) is 0 Å². The summed E-state index contributed by atoms with van der Waals surface area (Å²) < 4.78 is 11.0. The number of fused-ring (bicyclic) bond motifs is 1. The Morgan fingerprint density at radius 3 is 2.62 bits per heavy atom. The van der Waals surface area contributed by atoms with Gasteiger partial charge >= 0.3 is 12.1 Å². The van der Waals surface area contributed by atoms with Crippen LogP contribution >= 0.6 is 12.4 Å². The van der Waals surface area contributed by atoms with Crippen LogP contribution in [0.15, 0.2) is 0 Å². The van der Waals surface area contributed by atoms with Gasteiger partial charge in [0.15, 0.2) is 0 Å². The summed E-state index contributed by atoms with van der Waals surface area (Å²) in [4.78, 5) is 25.3. The number of carboxylic acids is 1. The molecule has 0 radical (unpaired) electrons. The van der Waals surface area contributed by atoms with E-state index in [1.807, 2.05) is 0 Å². The average molecular weight is 322 g/mol. The predicted octanol–water partition coefficient (Wildman–Crippen LogP) is 2.30. The molecule has 2 aliphatic heterocycles. The molecular weight excluding hydrogens is 298 g/mol. The quantitative estimate of drug-likeness (QED) is 0.802. The lowest BCUT2D eigenvalue weighted by atomic mass is 9.72. The molecule has 2 rings (SSSR count). The molecule has 0 unspecified atom stereocenters. The molecule has 6 nitrogen and oxygen atoms in total. The maximum atomic E-state index is 12.1. The van der Waals surface area contributed by atoms with Crippen molar-refractivity contribution in [3.63, 3.8) is 0 Å². The van der Waals surface area contributed by atoms with E-state index in [9.17, 15) is 14.7 Å². The number of carbonyl (C=O) groups excluding carboxylic acids is 1. The highest BCUT2D eigenvalue weighted by atomic mass is 35.5. The van der Waals surface area contributed by atoms with Crippen molar-refractivity contribution in [3.05, 3.63) is 0 Å². The first-order chi connectivity index (χ1) is 9.24. The number of rotatable bonds is 1. The highest BCUT2D eigenvalue weighted by Crippen LogP contribution is 2.40. The summed E-state index contributed by atoms with van der Waals surface area (Å²) in [5.74, 6) is -0.879. The molecule has 0 aliphatic carbocycles. The lowest BCUT2D eigenvalue weighted by molar-refractivity contribution is -0.177. The van der Waals surface area contributed by atoms with Gasteiger partial charge in [0.05, 0.1) is 6.10 Å². The molecule has 1 N–H and O–H groups in total. The smallest absolute Gasteiger partial charge is 0.410 e. The first-order valence-electron chi connectivity index (χ1n) is 7.07. The van der Waals surface area contributed by atoms with Crippen molar-refractivity contribution in [1.29, 1.82) is 0 Å². The van der Waals surface area contributed by atoms with Gasteiger partial charge in [0, 0.05) is 19.7 Å². The number of likely N-dealkylation sites (tertiary alicyclic amines) is 1. The largest absolute Gasteiger partial charge is 0.481 e. The molecule has 2 aliphatic rings. The number of aliphatic carboxylic acids is 1. The highest BCUT2D eigenvalue weighted by molar-refractivity contribution is 5.85. The summed E-state index contributed by atoms with van der Waals surface area (Å²) in [5.41, 5.74) is -1.55. The topological polar surface area (TPSA) is 76.1 Å². The summed E-state index contributed by atoms with van der Waals surface area (Å²) >= 11 is 0. The minimum absolute atomic E-state index is 0. The molecule has 2 saturated heterocycles. The normalized spacial score (nSPS) is 29.1. The fraction of sp³-hybridized carbons (Fsp3) is 0.857. The van der Waals surface area contributed by atoms with E-state index in [1.54, 1.807) is 20.8 Å². The van der Waals surface area contributed by atoms with Gasteiger partial charge in [-0.2, -0.15) is 0 Å². The fourth-order valence-corrected chi connectivity index (χ4v) is 2.96. The maximum absolute atomic E-state index is 12.1. The molecule has 0 aromatic rings. The SMILES string of the molecule is CC(C)(C)OC(=O)N1CC[C@H]2OCCC[C@@]2(C(=O)O)C1.Cl. The van der Waals surface area contributed by atoms with Crippen LogP contribution in [0.2, 0.25) is 0 Å². The Morgan fingerprint density at radius 2 is 2.05 bits per heavy atom. The van der Waals surface area contributed by atoms with Gasteiger partial charge in [0.2, 0.25) is 0 Å². The number of carbonyl (C=O) groups is 2. The molecule has 0 aromatic heterocycles. The second-order valence-corrected chi connectivity index (χ2v) is 6.61. The molecule has 21 heavy (non-hydrogen) atoms. The summed E-state index contributed by atoms with van der Waals surface area (Å²) in [6.45, 7) is 6.65. The van der Waals surface area contributed by atoms with Crippen molar-refractivity contribution >= 4 is 24.5 Å². The van der Waals surface area contributed by atoms with Crippen LogP contribution in [0.3, 0.4) is 0 Å². The van der Waals surface area contributed by atoms with E-state index in [0.717, 1.165) is 0 Å². The Labute approximate surface area is 131 Å². The molecule has 2 heterocycles. The zero-order valence-corrected chi connectivity index (χ0v) is 13.6. The van der Waals surface area contributed by atoms with Crippen LogP contribution in [0.4, 0.5) is 4.79 Å². The maximum Gasteiger partial charge on any atom is 0.410 e. The number of hydrogen-bond acceptors (Lipinski definition) is 4. The van der Waals surface area contributed by atoms with Gasteiger partial charge in [-0.1, -0.05) is 0 Å². The monoisotopic (exact) mass is 321 g/mol. The molecule has 2 fully saturated rings. The summed E-state index contributed by atoms with van der Waals surface area (Å²) in [7, 11) is 0. The molecule has 0 bridgehead atoms. The van der Waals surface area contributed by atoms with Crippen molar-refractivity contribution in [3.8, 4) is 0 Å². The Hall–Kier alpha value is -1.01. The van der Waals surface area contributed by atoms with Gasteiger partial charge in [0.25, 0.3) is 0 Å². The van der Waals surface area contributed by atoms with Crippen LogP contribution in [-0.4, -0.2) is 53.5 Å². The van der Waals surface area contributed by atoms with Crippen molar-refractivity contribution in [2.45, 2.75) is 51.7 Å². The molecule has 1 amide bonds. The van der Waals surface area contributed by atoms with Crippen LogP contribution in [-0.2, 0) is 14.3 Å². The van der Waals surface area contributed by atoms with E-state index in [-0.39, 0.29) is 25.1 Å². The Kier molecular flexibility index (Phi) is 5.50. The minimum Gasteiger partial charge on any atom is -0.481 e. The zero-order chi connectivity index (χ0) is 15.0. The van der Waals surface area contributed by atoms with Crippen LogP contribution in [0.5, 0.6) is 0 Å². The van der Waals surface area contributed by atoms with E-state index in [0.29, 0.717) is 32.4 Å². The number of carboxylic acid groups (broad SMARTS) is 1. The van der Waals surface area contributed by atoms with Gasteiger partial charge in [-0.3, -0.25) is 4.79 Å². The van der Waals surface area contributed by atoms with Crippen LogP contribution in [0, 0.1) is 5.41 Å². The van der Waals surface area contributed by atoms with Crippen LogP contribution in [0.25, 0.3) is 0 Å². The number of amides is 1. The summed E-state index contributed by atoms with van der Waals surface area (Å²) in [6, 6.07) is 0. The lowest BCUT2D eigenvalue weighted by Crippen LogP contribution is -2.60. The zero-order valence-electron chi connectivity index (χ0n) is 12.8. The van der Waals surface area contributed by atoms with E-state index < -0.39 is 23.1 Å². The summed E-state index contributed by atoms with van der Waals surface area (Å²) in [6.07, 6.45) is 1.07. The van der Waals surface area contributed by atoms with E-state index >= 15 is 0 Å². The third-order valence-corrected chi connectivity index (χ3v) is 3.91. The van der Waals surface area contributed by atoms with Crippen molar-refractivity contribution in [2.75, 3.05) is 19.7 Å². The Balaban J connectivity index is 0.00000220. The fourth-order valence-electron chi connectivity index (χ4n) is 2.96. The van der Waals surface area contributed by atoms with E-state index in [1.165, 1.54) is 4.90 Å². The van der Waals surface area contributed by atoms with Crippen molar-refractivity contribution in [1.82, 2.24) is 4.90 Å². The molecule has 122 valence electrons. The third-order valence-electron chi connectivity index (χ3n) is 3.91. The van der Waals surface area contributed by atoms with Crippen molar-refractivity contribution < 1.29 is 24.2 Å². The summed E-state index contributed by atoms with van der Waals surface area (Å²) in [5, 5.41) is 9.60. The molecule has 7 heteroatoms. The van der Waals surface area contributed by atoms with Gasteiger partial charge < -0.3 is 19.5 Å². The van der Waals surface area contributed by atoms with Gasteiger partial charge in [-0.25, -0.2) is 4.79 Å². The Bertz CT molecular complexity index is 409. The predicted molar refractivity (Wildman–Crippen MR) is 78.7 cm³/mol. The first kappa shape index (κ1) is 18.0. The van der Waals surface area contributed by atoms with Gasteiger partial charge in [-0.15, -0.1) is 12.4 Å². The van der Waals surface area contributed by atoms with Crippen molar-refractivity contribution in [2.24, 2.45) is 5.41 Å². The van der Waals surface area contributed by atoms with Crippen LogP contribution < -0.4 is 0 Å². The molecule has 0 spiro atoms. The molecular formula is C14H24ClNO5. The number of piperidine rings is 1.